The molecule has 4 nitrogen and oxygen atoms in total. The molecule has 4 atom stereocenters. The molecule has 0 saturated heterocycles. The zero-order valence-electron chi connectivity index (χ0n) is 23.9. The lowest BCUT2D eigenvalue weighted by atomic mass is 10.1. The quantitative estimate of drug-likeness (QED) is 0.231. The summed E-state index contributed by atoms with van der Waals surface area (Å²) < 4.78 is 44.9. The molecule has 0 aromatic heterocycles. The highest BCUT2D eigenvalue weighted by atomic mass is 31.2. The first-order valence-corrected chi connectivity index (χ1v) is 17.4. The second kappa shape index (κ2) is 9.23. The van der Waals surface area contributed by atoms with Gasteiger partial charge in [-0.15, -0.1) is 0 Å². The van der Waals surface area contributed by atoms with E-state index >= 15 is 9.13 Å². The number of rotatable bonds is 3. The van der Waals surface area contributed by atoms with E-state index in [9.17, 15) is 0 Å². The highest BCUT2D eigenvalue weighted by Gasteiger charge is 2.66. The summed E-state index contributed by atoms with van der Waals surface area (Å²) >= 11 is 0. The van der Waals surface area contributed by atoms with Crippen LogP contribution < -0.4 is 20.1 Å². The molecule has 0 N–H and O–H groups in total. The Balaban J connectivity index is 1.59. The third kappa shape index (κ3) is 3.80. The third-order valence-electron chi connectivity index (χ3n) is 8.28. The van der Waals surface area contributed by atoms with Crippen molar-refractivity contribution >= 4 is 24.9 Å². The summed E-state index contributed by atoms with van der Waals surface area (Å²) in [5, 5.41) is 0.109. The molecule has 206 valence electrons. The Morgan fingerprint density at radius 3 is 1.18 bits per heavy atom. The minimum atomic E-state index is -3.39. The van der Waals surface area contributed by atoms with Gasteiger partial charge in [-0.05, 0) is 34.4 Å². The molecule has 2 aliphatic rings. The van der Waals surface area contributed by atoms with Crippen LogP contribution in [0, 0.1) is 0 Å². The second-order valence-electron chi connectivity index (χ2n) is 12.7. The molecule has 2 heterocycles. The SMILES string of the molecule is CC(C)(C)[P@@]1(=O)c2c(cccc2-c2ccccc2)O[C@@H]1[C@H]1Oc2cccc(-c3ccccc3)c2[P@]1(=O)C(C)(C)C. The normalized spacial score (nSPS) is 25.6. The number of hydrogen-bond donors (Lipinski definition) is 0. The molecule has 2 aliphatic heterocycles. The number of benzene rings is 4. The molecular formula is C34H36O4P2. The average molecular weight is 571 g/mol. The van der Waals surface area contributed by atoms with E-state index in [-0.39, 0.29) is 0 Å². The van der Waals surface area contributed by atoms with Crippen molar-refractivity contribution in [1.29, 1.82) is 0 Å². The standard InChI is InChI=1S/C34H36O4P2/c1-33(2,3)39(35)29-25(23-15-9-7-10-16-23)19-13-21-27(29)37-31(39)32-38-28-22-14-20-26(24-17-11-8-12-18-24)30(28)40(32,36)34(4,5)6/h7-22,31-32H,1-6H3/t31-,32-,39+,40+/m0/s1. The Kier molecular flexibility index (Phi) is 6.26. The lowest BCUT2D eigenvalue weighted by Crippen LogP contribution is -2.41. The summed E-state index contributed by atoms with van der Waals surface area (Å²) in [5.41, 5.74) is 3.75. The zero-order chi connectivity index (χ0) is 28.5. The Labute approximate surface area is 237 Å². The third-order valence-corrected chi connectivity index (χ3v) is 16.9. The zero-order valence-corrected chi connectivity index (χ0v) is 25.7. The van der Waals surface area contributed by atoms with Gasteiger partial charge in [-0.1, -0.05) is 126 Å². The maximum Gasteiger partial charge on any atom is 0.199 e. The summed E-state index contributed by atoms with van der Waals surface area (Å²) in [7, 11) is -6.78. The van der Waals surface area contributed by atoms with Crippen LogP contribution in [0.2, 0.25) is 0 Å². The first-order valence-electron chi connectivity index (χ1n) is 13.8. The summed E-state index contributed by atoms with van der Waals surface area (Å²) in [6.45, 7) is 12.0. The van der Waals surface area contributed by atoms with Gasteiger partial charge in [0.2, 0.25) is 0 Å². The summed E-state index contributed by atoms with van der Waals surface area (Å²) in [6.07, 6.45) is 0. The molecule has 6 heteroatoms. The van der Waals surface area contributed by atoms with Crippen molar-refractivity contribution in [2.75, 3.05) is 0 Å². The van der Waals surface area contributed by atoms with Crippen LogP contribution in [0.25, 0.3) is 22.3 Å². The monoisotopic (exact) mass is 570 g/mol. The molecule has 0 aliphatic carbocycles. The topological polar surface area (TPSA) is 52.6 Å². The van der Waals surface area contributed by atoms with Crippen LogP contribution in [0.4, 0.5) is 0 Å². The molecule has 0 radical (unpaired) electrons. The van der Waals surface area contributed by atoms with E-state index in [1.165, 1.54) is 0 Å². The minimum Gasteiger partial charge on any atom is -0.477 e. The van der Waals surface area contributed by atoms with Gasteiger partial charge in [0, 0.05) is 10.3 Å². The van der Waals surface area contributed by atoms with Crippen LogP contribution in [-0.2, 0) is 9.13 Å². The molecule has 6 rings (SSSR count). The first kappa shape index (κ1) is 27.1. The van der Waals surface area contributed by atoms with E-state index in [1.54, 1.807) is 0 Å². The van der Waals surface area contributed by atoms with Crippen LogP contribution in [0.1, 0.15) is 41.5 Å². The number of ether oxygens (including phenoxy) is 2. The van der Waals surface area contributed by atoms with Crippen molar-refractivity contribution in [2.24, 2.45) is 0 Å². The van der Waals surface area contributed by atoms with Crippen LogP contribution in [0.5, 0.6) is 11.5 Å². The van der Waals surface area contributed by atoms with Gasteiger partial charge in [-0.2, -0.15) is 0 Å². The van der Waals surface area contributed by atoms with Gasteiger partial charge in [0.15, 0.2) is 26.0 Å². The lowest BCUT2D eigenvalue weighted by Gasteiger charge is -2.39. The van der Waals surface area contributed by atoms with Crippen LogP contribution in [0.3, 0.4) is 0 Å². The molecule has 0 spiro atoms. The highest BCUT2D eigenvalue weighted by Crippen LogP contribution is 2.76. The molecular weight excluding hydrogens is 534 g/mol. The molecule has 0 amide bonds. The fourth-order valence-corrected chi connectivity index (χ4v) is 14.1. The fraction of sp³-hybridized carbons (Fsp3) is 0.294. The first-order chi connectivity index (χ1) is 18.9. The van der Waals surface area contributed by atoms with E-state index in [2.05, 4.69) is 0 Å². The predicted octanol–water partition coefficient (Wildman–Crippen LogP) is 8.73. The molecule has 0 unspecified atom stereocenters. The van der Waals surface area contributed by atoms with E-state index in [0.717, 1.165) is 32.9 Å². The Hall–Kier alpha value is -3.06. The fourth-order valence-electron chi connectivity index (χ4n) is 6.19. The van der Waals surface area contributed by atoms with Crippen LogP contribution >= 0.6 is 14.3 Å². The lowest BCUT2D eigenvalue weighted by molar-refractivity contribution is 0.162. The van der Waals surface area contributed by atoms with E-state index < -0.39 is 36.3 Å². The Morgan fingerprint density at radius 1 is 0.500 bits per heavy atom. The molecule has 0 bridgehead atoms. The van der Waals surface area contributed by atoms with Crippen molar-refractivity contribution in [1.82, 2.24) is 0 Å². The van der Waals surface area contributed by atoms with Gasteiger partial charge in [0.25, 0.3) is 0 Å². The minimum absolute atomic E-state index is 0.591. The predicted molar refractivity (Wildman–Crippen MR) is 167 cm³/mol. The van der Waals surface area contributed by atoms with Gasteiger partial charge in [-0.25, -0.2) is 0 Å². The Bertz CT molecular complexity index is 1550. The number of fused-ring (bicyclic) bond motifs is 2. The largest absolute Gasteiger partial charge is 0.477 e. The maximum atomic E-state index is 15.8. The van der Waals surface area contributed by atoms with Crippen LogP contribution in [-0.4, -0.2) is 22.0 Å². The van der Waals surface area contributed by atoms with E-state index in [1.807, 2.05) is 139 Å². The summed E-state index contributed by atoms with van der Waals surface area (Å²) in [4.78, 5) is 0. The van der Waals surface area contributed by atoms with Crippen molar-refractivity contribution < 1.29 is 18.6 Å². The maximum absolute atomic E-state index is 15.8. The van der Waals surface area contributed by atoms with Crippen molar-refractivity contribution in [2.45, 2.75) is 63.5 Å². The smallest absolute Gasteiger partial charge is 0.199 e. The van der Waals surface area contributed by atoms with Gasteiger partial charge < -0.3 is 18.6 Å². The molecule has 0 saturated carbocycles. The van der Waals surface area contributed by atoms with Gasteiger partial charge >= 0.3 is 0 Å². The molecule has 40 heavy (non-hydrogen) atoms. The summed E-state index contributed by atoms with van der Waals surface area (Å²) in [6, 6.07) is 31.7. The van der Waals surface area contributed by atoms with E-state index in [4.69, 9.17) is 9.47 Å². The van der Waals surface area contributed by atoms with Gasteiger partial charge in [0.05, 0.1) is 10.6 Å². The van der Waals surface area contributed by atoms with Crippen LogP contribution in [0.15, 0.2) is 97.1 Å². The highest BCUT2D eigenvalue weighted by molar-refractivity contribution is 7.78. The second-order valence-corrected chi connectivity index (χ2v) is 19.9. The Morgan fingerprint density at radius 2 is 0.850 bits per heavy atom. The van der Waals surface area contributed by atoms with Crippen molar-refractivity contribution in [3.63, 3.8) is 0 Å². The molecule has 4 aromatic carbocycles. The molecule has 4 aromatic rings. The summed E-state index contributed by atoms with van der Waals surface area (Å²) in [5.74, 6) is -0.609. The van der Waals surface area contributed by atoms with Gasteiger partial charge in [0.1, 0.15) is 11.5 Å². The van der Waals surface area contributed by atoms with E-state index in [0.29, 0.717) is 11.5 Å². The van der Waals surface area contributed by atoms with Crippen molar-refractivity contribution in [3.05, 3.63) is 97.1 Å². The van der Waals surface area contributed by atoms with Gasteiger partial charge in [-0.3, -0.25) is 0 Å². The number of hydrogen-bond acceptors (Lipinski definition) is 4. The van der Waals surface area contributed by atoms with Crippen molar-refractivity contribution in [3.8, 4) is 33.8 Å². The average Bonchev–Trinajstić information content (AvgIpc) is 3.42. The molecule has 0 fully saturated rings.